The number of carbonyl (C=O) groups excluding carboxylic acids is 3. The normalized spacial score (nSPS) is 32.6. The first-order chi connectivity index (χ1) is 18.8. The largest absolute Gasteiger partial charge is 0.465 e. The number of hydrogen-bond acceptors (Lipinski definition) is 8. The Morgan fingerprint density at radius 3 is 2.69 bits per heavy atom. The second-order valence-electron chi connectivity index (χ2n) is 11.3. The third-order valence-corrected chi connectivity index (χ3v) is 11.0. The molecule has 0 aromatic heterocycles. The van der Waals surface area contributed by atoms with E-state index in [-0.39, 0.29) is 35.6 Å². The molecule has 0 radical (unpaired) electrons. The molecule has 9 nitrogen and oxygen atoms in total. The first-order valence-corrected chi connectivity index (χ1v) is 15.3. The third-order valence-electron chi connectivity index (χ3n) is 8.93. The first-order valence-electron chi connectivity index (χ1n) is 14.4. The molecule has 7 atom stereocenters. The fraction of sp³-hybridized carbons (Fsp3) is 0.759. The van der Waals surface area contributed by atoms with Crippen LogP contribution in [-0.4, -0.2) is 119 Å². The number of ether oxygens (including phenoxy) is 2. The van der Waals surface area contributed by atoms with E-state index in [1.807, 2.05) is 6.08 Å². The summed E-state index contributed by atoms with van der Waals surface area (Å²) >= 11 is 1.64. The molecule has 1 N–H and O–H groups in total. The molecule has 4 saturated heterocycles. The standard InChI is InChI=1S/C29H45N3O6S/c1-5-7-8-9-15-38-28(36)23-22-18-20(3)29(39-22)24(23)26(34)32(21(4)19-33)25(29)27(35)31(10-6-2)12-11-30-13-16-37-17-14-30/h5-6,20-25,33H,1-2,7-19H2,3-4H3/t20?,21-,22-,23+,24+,25?,29?/m1/s1. The molecule has 3 unspecified atom stereocenters. The van der Waals surface area contributed by atoms with Crippen molar-refractivity contribution in [2.45, 2.75) is 61.6 Å². The Morgan fingerprint density at radius 1 is 1.28 bits per heavy atom. The Balaban J connectivity index is 1.60. The van der Waals surface area contributed by atoms with E-state index in [1.54, 1.807) is 34.6 Å². The molecule has 39 heavy (non-hydrogen) atoms. The van der Waals surface area contributed by atoms with Gasteiger partial charge < -0.3 is 24.4 Å². The van der Waals surface area contributed by atoms with Gasteiger partial charge in [-0.2, -0.15) is 0 Å². The average Bonchev–Trinajstić information content (AvgIpc) is 3.54. The quantitative estimate of drug-likeness (QED) is 0.195. The number of carbonyl (C=O) groups is 3. The molecule has 4 rings (SSSR count). The van der Waals surface area contributed by atoms with Crippen molar-refractivity contribution in [2.24, 2.45) is 17.8 Å². The Morgan fingerprint density at radius 2 is 2.03 bits per heavy atom. The predicted molar refractivity (Wildman–Crippen MR) is 151 cm³/mol. The molecule has 4 heterocycles. The minimum atomic E-state index is -0.753. The highest BCUT2D eigenvalue weighted by Gasteiger charge is 2.77. The maximum Gasteiger partial charge on any atom is 0.310 e. The van der Waals surface area contributed by atoms with Gasteiger partial charge in [0.15, 0.2) is 0 Å². The topological polar surface area (TPSA) is 99.6 Å². The van der Waals surface area contributed by atoms with Crippen molar-refractivity contribution in [1.29, 1.82) is 0 Å². The molecule has 2 amide bonds. The third kappa shape index (κ3) is 5.67. The van der Waals surface area contributed by atoms with E-state index in [1.165, 1.54) is 0 Å². The average molecular weight is 564 g/mol. The molecule has 0 aliphatic carbocycles. The number of rotatable bonds is 14. The van der Waals surface area contributed by atoms with Crippen LogP contribution in [0.3, 0.4) is 0 Å². The summed E-state index contributed by atoms with van der Waals surface area (Å²) in [7, 11) is 0. The summed E-state index contributed by atoms with van der Waals surface area (Å²) in [6.45, 7) is 16.1. The van der Waals surface area contributed by atoms with Crippen molar-refractivity contribution < 1.29 is 29.0 Å². The van der Waals surface area contributed by atoms with Crippen LogP contribution in [0.15, 0.2) is 25.3 Å². The monoisotopic (exact) mass is 563 g/mol. The van der Waals surface area contributed by atoms with Crippen LogP contribution in [0.25, 0.3) is 0 Å². The number of hydrogen-bond donors (Lipinski definition) is 1. The molecule has 2 bridgehead atoms. The summed E-state index contributed by atoms with van der Waals surface area (Å²) in [5.41, 5.74) is 0. The van der Waals surface area contributed by atoms with Crippen LogP contribution in [0, 0.1) is 17.8 Å². The van der Waals surface area contributed by atoms with Crippen LogP contribution in [0.4, 0.5) is 0 Å². The van der Waals surface area contributed by atoms with Crippen molar-refractivity contribution in [1.82, 2.24) is 14.7 Å². The Hall–Kier alpha value is -1.88. The fourth-order valence-electron chi connectivity index (χ4n) is 6.94. The molecule has 10 heteroatoms. The number of morpholine rings is 1. The van der Waals surface area contributed by atoms with Gasteiger partial charge in [-0.05, 0) is 38.5 Å². The molecule has 4 aliphatic rings. The number of fused-ring (bicyclic) bond motifs is 1. The molecule has 4 aliphatic heterocycles. The number of amides is 2. The smallest absolute Gasteiger partial charge is 0.310 e. The van der Waals surface area contributed by atoms with E-state index >= 15 is 0 Å². The van der Waals surface area contributed by atoms with Crippen molar-refractivity contribution in [2.75, 3.05) is 59.2 Å². The van der Waals surface area contributed by atoms with E-state index in [9.17, 15) is 19.5 Å². The zero-order chi connectivity index (χ0) is 28.2. The van der Waals surface area contributed by atoms with Gasteiger partial charge >= 0.3 is 5.97 Å². The van der Waals surface area contributed by atoms with Crippen molar-refractivity contribution in [3.63, 3.8) is 0 Å². The van der Waals surface area contributed by atoms with Crippen LogP contribution in [-0.2, 0) is 23.9 Å². The van der Waals surface area contributed by atoms with Crippen LogP contribution < -0.4 is 0 Å². The Bertz CT molecular complexity index is 927. The lowest BCUT2D eigenvalue weighted by Gasteiger charge is -2.41. The van der Waals surface area contributed by atoms with Gasteiger partial charge in [0.2, 0.25) is 11.8 Å². The summed E-state index contributed by atoms with van der Waals surface area (Å²) in [5, 5.41) is 10.1. The van der Waals surface area contributed by atoms with Crippen LogP contribution in [0.2, 0.25) is 0 Å². The summed E-state index contributed by atoms with van der Waals surface area (Å²) in [6.07, 6.45) is 6.83. The summed E-state index contributed by atoms with van der Waals surface area (Å²) in [5.74, 6) is -1.82. The van der Waals surface area contributed by atoms with Gasteiger partial charge in [-0.3, -0.25) is 19.3 Å². The number of esters is 1. The zero-order valence-electron chi connectivity index (χ0n) is 23.5. The highest BCUT2D eigenvalue weighted by molar-refractivity contribution is 8.02. The minimum absolute atomic E-state index is 0.0577. The molecule has 0 saturated carbocycles. The minimum Gasteiger partial charge on any atom is -0.465 e. The van der Waals surface area contributed by atoms with Crippen molar-refractivity contribution >= 4 is 29.5 Å². The van der Waals surface area contributed by atoms with Gasteiger partial charge in [-0.25, -0.2) is 0 Å². The van der Waals surface area contributed by atoms with E-state index in [4.69, 9.17) is 9.47 Å². The number of allylic oxidation sites excluding steroid dienone is 1. The van der Waals surface area contributed by atoms with Crippen LogP contribution >= 0.6 is 11.8 Å². The maximum atomic E-state index is 14.4. The number of thioether (sulfide) groups is 1. The van der Waals surface area contributed by atoms with Gasteiger partial charge in [0.05, 0.1) is 49.1 Å². The van der Waals surface area contributed by atoms with Crippen molar-refractivity contribution in [3.05, 3.63) is 25.3 Å². The first kappa shape index (κ1) is 30.1. The molecular formula is C29H45N3O6S. The molecular weight excluding hydrogens is 518 g/mol. The lowest BCUT2D eigenvalue weighted by atomic mass is 9.66. The Kier molecular flexibility index (Phi) is 10.2. The maximum absolute atomic E-state index is 14.4. The predicted octanol–water partition coefficient (Wildman–Crippen LogP) is 1.95. The number of aliphatic hydroxyl groups excluding tert-OH is 1. The molecule has 1 spiro atoms. The fourth-order valence-corrected chi connectivity index (χ4v) is 9.33. The second kappa shape index (κ2) is 13.2. The highest BCUT2D eigenvalue weighted by atomic mass is 32.2. The molecule has 0 aromatic carbocycles. The number of nitrogens with zero attached hydrogens (tertiary/aromatic N) is 3. The Labute approximate surface area is 236 Å². The summed E-state index contributed by atoms with van der Waals surface area (Å²) < 4.78 is 10.4. The second-order valence-corrected chi connectivity index (χ2v) is 12.9. The van der Waals surface area contributed by atoms with E-state index in [0.717, 1.165) is 38.8 Å². The van der Waals surface area contributed by atoms with Gasteiger partial charge in [0.1, 0.15) is 6.04 Å². The number of unbranched alkanes of at least 4 members (excludes halogenated alkanes) is 2. The lowest BCUT2D eigenvalue weighted by Crippen LogP contribution is -2.59. The highest BCUT2D eigenvalue weighted by Crippen LogP contribution is 2.69. The van der Waals surface area contributed by atoms with Crippen LogP contribution in [0.5, 0.6) is 0 Å². The number of aliphatic hydroxyl groups is 1. The zero-order valence-corrected chi connectivity index (χ0v) is 24.3. The summed E-state index contributed by atoms with van der Waals surface area (Å²) in [4.78, 5) is 47.6. The SMILES string of the molecule is C=CCCCCOC(=O)[C@@H]1[C@H]2C(=O)N([C@H](C)CO)C(C(=O)N(CC=C)CCN3CCOCC3)C23S[C@@H]1CC3C. The lowest BCUT2D eigenvalue weighted by molar-refractivity contribution is -0.155. The molecule has 218 valence electrons. The number of likely N-dealkylation sites (tertiary alicyclic amines) is 1. The van der Waals surface area contributed by atoms with Gasteiger partial charge in [-0.15, -0.1) is 24.9 Å². The van der Waals surface area contributed by atoms with Gasteiger partial charge in [0, 0.05) is 38.0 Å². The van der Waals surface area contributed by atoms with Crippen LogP contribution in [0.1, 0.15) is 39.5 Å². The molecule has 0 aromatic rings. The van der Waals surface area contributed by atoms with Gasteiger partial charge in [0.25, 0.3) is 0 Å². The van der Waals surface area contributed by atoms with Crippen molar-refractivity contribution in [3.8, 4) is 0 Å². The van der Waals surface area contributed by atoms with E-state index in [0.29, 0.717) is 39.5 Å². The van der Waals surface area contributed by atoms with E-state index < -0.39 is 28.7 Å². The summed E-state index contributed by atoms with van der Waals surface area (Å²) in [6, 6.07) is -1.30. The molecule has 4 fully saturated rings. The van der Waals surface area contributed by atoms with E-state index in [2.05, 4.69) is 25.0 Å². The van der Waals surface area contributed by atoms with Gasteiger partial charge in [-0.1, -0.05) is 19.1 Å².